The summed E-state index contributed by atoms with van der Waals surface area (Å²) in [4.78, 5) is 0. The van der Waals surface area contributed by atoms with E-state index in [2.05, 4.69) is 121 Å². The van der Waals surface area contributed by atoms with E-state index in [0.717, 1.165) is 0 Å². The Bertz CT molecular complexity index is 795. The molecule has 0 heterocycles. The van der Waals surface area contributed by atoms with Gasteiger partial charge in [-0.05, 0) is 0 Å². The summed E-state index contributed by atoms with van der Waals surface area (Å²) in [5.74, 6) is 0. The van der Waals surface area contributed by atoms with Gasteiger partial charge in [-0.25, -0.2) is 0 Å². The van der Waals surface area contributed by atoms with Crippen LogP contribution in [0.15, 0.2) is 121 Å². The van der Waals surface area contributed by atoms with Crippen molar-refractivity contribution in [1.82, 2.24) is 0 Å². The summed E-state index contributed by atoms with van der Waals surface area (Å²) in [5, 5.41) is 5.92. The molecule has 0 unspecified atom stereocenters. The molecule has 4 aromatic carbocycles. The summed E-state index contributed by atoms with van der Waals surface area (Å²) in [6.45, 7) is 0. The molecule has 0 aliphatic rings. The third-order valence-electron chi connectivity index (χ3n) is 3.99. The number of hydrogen-bond donors (Lipinski definition) is 0. The fourth-order valence-corrected chi connectivity index (χ4v) is 18.7. The van der Waals surface area contributed by atoms with Crippen LogP contribution in [0.5, 0.6) is 0 Å². The Kier molecular flexibility index (Phi) is 10.6. The second-order valence-electron chi connectivity index (χ2n) is 5.91. The minimum absolute atomic E-state index is 0. The van der Waals surface area contributed by atoms with Crippen molar-refractivity contribution in [3.63, 3.8) is 0 Å². The first kappa shape index (κ1) is 24.3. The SMILES string of the molecule is Cl.Cl.c1ccc([P]([Pd][P](c2ccccc2)c2ccccc2)c2ccccc2)cc1. The van der Waals surface area contributed by atoms with Crippen LogP contribution >= 0.6 is 37.0 Å². The van der Waals surface area contributed by atoms with Crippen molar-refractivity contribution in [1.29, 1.82) is 0 Å². The molecule has 0 spiro atoms. The molecule has 0 aliphatic heterocycles. The Balaban J connectivity index is 0.00000150. The fraction of sp³-hybridized carbons (Fsp3) is 0. The summed E-state index contributed by atoms with van der Waals surface area (Å²) in [6, 6.07) is 44.3. The average Bonchev–Trinajstić information content (AvgIpc) is 2.77. The van der Waals surface area contributed by atoms with Crippen LogP contribution in [-0.2, 0) is 17.0 Å². The summed E-state index contributed by atoms with van der Waals surface area (Å²) < 4.78 is 0. The maximum absolute atomic E-state index is 2.31. The zero-order valence-corrected chi connectivity index (χ0v) is 20.6. The van der Waals surface area contributed by atoms with Gasteiger partial charge in [0, 0.05) is 0 Å². The van der Waals surface area contributed by atoms with Crippen LogP contribution in [-0.4, -0.2) is 0 Å². The van der Waals surface area contributed by atoms with Crippen LogP contribution in [0, 0.1) is 0 Å². The van der Waals surface area contributed by atoms with Crippen molar-refractivity contribution in [2.75, 3.05) is 0 Å². The Hall–Kier alpha value is -1.02. The monoisotopic (exact) mass is 548 g/mol. The zero-order chi connectivity index (χ0) is 18.3. The molecule has 0 atom stereocenters. The predicted molar refractivity (Wildman–Crippen MR) is 133 cm³/mol. The Morgan fingerprint density at radius 2 is 0.552 bits per heavy atom. The van der Waals surface area contributed by atoms with Gasteiger partial charge in [0.15, 0.2) is 0 Å². The van der Waals surface area contributed by atoms with E-state index >= 15 is 0 Å². The molecular weight excluding hydrogens is 528 g/mol. The molecule has 0 radical (unpaired) electrons. The molecule has 0 saturated heterocycles. The molecule has 152 valence electrons. The van der Waals surface area contributed by atoms with Gasteiger partial charge in [-0.3, -0.25) is 0 Å². The fourth-order valence-electron chi connectivity index (χ4n) is 2.71. The molecule has 4 aromatic rings. The van der Waals surface area contributed by atoms with Crippen LogP contribution in [0.1, 0.15) is 0 Å². The third kappa shape index (κ3) is 6.48. The number of halogens is 2. The minimum atomic E-state index is -0.359. The van der Waals surface area contributed by atoms with Crippen molar-refractivity contribution in [3.8, 4) is 0 Å². The van der Waals surface area contributed by atoms with Crippen LogP contribution in [0.2, 0.25) is 0 Å². The number of benzene rings is 4. The topological polar surface area (TPSA) is 0 Å². The molecule has 29 heavy (non-hydrogen) atoms. The summed E-state index contributed by atoms with van der Waals surface area (Å²) in [5.41, 5.74) is 0. The van der Waals surface area contributed by atoms with Crippen molar-refractivity contribution in [2.24, 2.45) is 0 Å². The molecule has 0 fully saturated rings. The summed E-state index contributed by atoms with van der Waals surface area (Å²) >= 11 is 0.598. The summed E-state index contributed by atoms with van der Waals surface area (Å²) in [7, 11) is 0. The predicted octanol–water partition coefficient (Wildman–Crippen LogP) is 6.01. The van der Waals surface area contributed by atoms with E-state index in [4.69, 9.17) is 0 Å². The van der Waals surface area contributed by atoms with Crippen molar-refractivity contribution in [2.45, 2.75) is 0 Å². The van der Waals surface area contributed by atoms with Crippen molar-refractivity contribution >= 4 is 58.3 Å². The molecule has 0 N–H and O–H groups in total. The normalized spacial score (nSPS) is 10.4. The molecule has 5 heteroatoms. The van der Waals surface area contributed by atoms with E-state index in [1.54, 1.807) is 0 Å². The standard InChI is InChI=1S/2C12H10P.2ClH.Pd/c2*1-3-7-11(8-4-1)13-12-9-5-2-6-10-12;;;/h2*1-10H;2*1H;/q2*-1;;;+2. The first-order valence-electron chi connectivity index (χ1n) is 8.82. The number of rotatable bonds is 6. The van der Waals surface area contributed by atoms with E-state index in [9.17, 15) is 0 Å². The van der Waals surface area contributed by atoms with Gasteiger partial charge in [0.1, 0.15) is 0 Å². The third-order valence-corrected chi connectivity index (χ3v) is 18.3. The van der Waals surface area contributed by atoms with Gasteiger partial charge in [0.05, 0.1) is 0 Å². The van der Waals surface area contributed by atoms with Gasteiger partial charge in [0.2, 0.25) is 0 Å². The van der Waals surface area contributed by atoms with Crippen molar-refractivity contribution in [3.05, 3.63) is 121 Å². The van der Waals surface area contributed by atoms with Crippen molar-refractivity contribution < 1.29 is 17.0 Å². The molecule has 0 bridgehead atoms. The molecule has 0 nitrogen and oxygen atoms in total. The first-order chi connectivity index (χ1) is 13.4. The van der Waals surface area contributed by atoms with Gasteiger partial charge in [-0.2, -0.15) is 0 Å². The van der Waals surface area contributed by atoms with Gasteiger partial charge >= 0.3 is 172 Å². The Morgan fingerprint density at radius 1 is 0.345 bits per heavy atom. The second kappa shape index (κ2) is 12.6. The van der Waals surface area contributed by atoms with Crippen LogP contribution in [0.3, 0.4) is 0 Å². The number of hydrogen-bond acceptors (Lipinski definition) is 0. The van der Waals surface area contributed by atoms with E-state index in [-0.39, 0.29) is 37.0 Å². The van der Waals surface area contributed by atoms with Crippen LogP contribution in [0.25, 0.3) is 0 Å². The quantitative estimate of drug-likeness (QED) is 0.204. The molecular formula is C24H22Cl2P2Pd. The Morgan fingerprint density at radius 3 is 0.759 bits per heavy atom. The average molecular weight is 550 g/mol. The molecule has 0 aromatic heterocycles. The molecule has 4 rings (SSSR count). The molecule has 0 saturated carbocycles. The van der Waals surface area contributed by atoms with E-state index in [1.165, 1.54) is 21.2 Å². The van der Waals surface area contributed by atoms with Crippen LogP contribution < -0.4 is 21.2 Å². The van der Waals surface area contributed by atoms with E-state index in [1.807, 2.05) is 0 Å². The molecule has 0 aliphatic carbocycles. The zero-order valence-electron chi connectivity index (χ0n) is 15.6. The van der Waals surface area contributed by atoms with Gasteiger partial charge in [-0.15, -0.1) is 24.8 Å². The van der Waals surface area contributed by atoms with Crippen LogP contribution in [0.4, 0.5) is 0 Å². The first-order valence-corrected chi connectivity index (χ1v) is 15.3. The van der Waals surface area contributed by atoms with Gasteiger partial charge in [0.25, 0.3) is 0 Å². The summed E-state index contributed by atoms with van der Waals surface area (Å²) in [6.07, 6.45) is -0.717. The van der Waals surface area contributed by atoms with Gasteiger partial charge < -0.3 is 0 Å². The van der Waals surface area contributed by atoms with E-state index in [0.29, 0.717) is 17.0 Å². The van der Waals surface area contributed by atoms with Gasteiger partial charge in [-0.1, -0.05) is 0 Å². The Labute approximate surface area is 195 Å². The second-order valence-corrected chi connectivity index (χ2v) is 16.5. The maximum atomic E-state index is 2.31. The molecule has 0 amide bonds. The van der Waals surface area contributed by atoms with E-state index < -0.39 is 0 Å².